The van der Waals surface area contributed by atoms with Crippen LogP contribution in [0.2, 0.25) is 0 Å². The Kier molecular flexibility index (Phi) is 6.33. The number of amides is 1. The highest BCUT2D eigenvalue weighted by molar-refractivity contribution is 6.08. The average Bonchev–Trinajstić information content (AvgIpc) is 3.69. The zero-order valence-corrected chi connectivity index (χ0v) is 21.6. The van der Waals surface area contributed by atoms with E-state index >= 15 is 0 Å². The number of benzene rings is 3. The number of aromatic amines is 1. The topological polar surface area (TPSA) is 96.4 Å². The molecule has 1 N–H and O–H groups in total. The van der Waals surface area contributed by atoms with Crippen LogP contribution in [0.5, 0.6) is 0 Å². The number of nitrogens with zero attached hydrogens (tertiary/aromatic N) is 5. The molecule has 3 heterocycles. The van der Waals surface area contributed by atoms with Crippen LogP contribution in [0.1, 0.15) is 37.3 Å². The van der Waals surface area contributed by atoms with Crippen molar-refractivity contribution in [3.63, 3.8) is 0 Å². The summed E-state index contributed by atoms with van der Waals surface area (Å²) in [6, 6.07) is 23.1. The monoisotopic (exact) mass is 506 g/mol. The van der Waals surface area contributed by atoms with Gasteiger partial charge in [-0.1, -0.05) is 61.5 Å². The van der Waals surface area contributed by atoms with Crippen molar-refractivity contribution < 1.29 is 9.53 Å². The normalized spacial score (nSPS) is 18.9. The van der Waals surface area contributed by atoms with Gasteiger partial charge in [0.05, 0.1) is 13.2 Å². The van der Waals surface area contributed by atoms with E-state index in [1.807, 2.05) is 4.90 Å². The molecule has 192 valence electrons. The smallest absolute Gasteiger partial charge is 0.258 e. The molecule has 38 heavy (non-hydrogen) atoms. The van der Waals surface area contributed by atoms with Gasteiger partial charge in [0, 0.05) is 25.0 Å². The maximum absolute atomic E-state index is 13.4. The molecule has 4 aromatic rings. The van der Waals surface area contributed by atoms with Crippen LogP contribution in [0.3, 0.4) is 0 Å². The van der Waals surface area contributed by atoms with Crippen LogP contribution in [0.4, 0.5) is 0 Å². The van der Waals surface area contributed by atoms with Gasteiger partial charge in [-0.2, -0.15) is 5.21 Å². The second-order valence-electron chi connectivity index (χ2n) is 10.0. The lowest BCUT2D eigenvalue weighted by molar-refractivity contribution is -0.131. The number of carbonyl (C=O) groups excluding carboxylic acids is 1. The fraction of sp³-hybridized carbons (Fsp3) is 0.300. The Morgan fingerprint density at radius 1 is 1.00 bits per heavy atom. The SMILES string of the molecule is CCCC1=NC2(CCOC2)C(=O)N1Cc1ccc(-c2cc(-c3ccccc3C)ccc2-c2nn[nH]n2)cc1. The number of ether oxygens (including phenoxy) is 1. The largest absolute Gasteiger partial charge is 0.378 e. The first kappa shape index (κ1) is 24.2. The predicted molar refractivity (Wildman–Crippen MR) is 146 cm³/mol. The van der Waals surface area contributed by atoms with Crippen molar-refractivity contribution >= 4 is 11.7 Å². The third kappa shape index (κ3) is 4.31. The predicted octanol–water partition coefficient (Wildman–Crippen LogP) is 5.21. The number of rotatable bonds is 7. The minimum atomic E-state index is -0.722. The highest BCUT2D eigenvalue weighted by Crippen LogP contribution is 2.36. The van der Waals surface area contributed by atoms with Crippen molar-refractivity contribution in [1.29, 1.82) is 0 Å². The maximum atomic E-state index is 13.4. The number of nitrogens with one attached hydrogen (secondary N) is 1. The van der Waals surface area contributed by atoms with Crippen molar-refractivity contribution in [2.24, 2.45) is 4.99 Å². The fourth-order valence-electron chi connectivity index (χ4n) is 5.40. The number of tetrazole rings is 1. The summed E-state index contributed by atoms with van der Waals surface area (Å²) in [5, 5.41) is 14.8. The summed E-state index contributed by atoms with van der Waals surface area (Å²) in [5.41, 5.74) is 6.82. The lowest BCUT2D eigenvalue weighted by Crippen LogP contribution is -2.42. The van der Waals surface area contributed by atoms with E-state index < -0.39 is 5.54 Å². The number of carbonyl (C=O) groups is 1. The van der Waals surface area contributed by atoms with E-state index in [0.717, 1.165) is 46.5 Å². The number of aryl methyl sites for hydroxylation is 1. The van der Waals surface area contributed by atoms with Crippen LogP contribution < -0.4 is 0 Å². The number of aromatic nitrogens is 4. The van der Waals surface area contributed by atoms with E-state index in [0.29, 0.717) is 32.0 Å². The van der Waals surface area contributed by atoms with Crippen LogP contribution in [-0.4, -0.2) is 56.0 Å². The number of amidine groups is 1. The summed E-state index contributed by atoms with van der Waals surface area (Å²) < 4.78 is 5.56. The molecule has 8 nitrogen and oxygen atoms in total. The number of H-pyrrole nitrogens is 1. The second kappa shape index (κ2) is 9.95. The van der Waals surface area contributed by atoms with Crippen LogP contribution >= 0.6 is 0 Å². The quantitative estimate of drug-likeness (QED) is 0.371. The van der Waals surface area contributed by atoms with Gasteiger partial charge in [-0.15, -0.1) is 10.2 Å². The molecule has 1 fully saturated rings. The van der Waals surface area contributed by atoms with E-state index in [1.54, 1.807) is 0 Å². The van der Waals surface area contributed by atoms with E-state index in [4.69, 9.17) is 9.73 Å². The van der Waals surface area contributed by atoms with Crippen LogP contribution in [0.25, 0.3) is 33.6 Å². The van der Waals surface area contributed by atoms with Gasteiger partial charge in [0.2, 0.25) is 5.82 Å². The molecule has 6 rings (SSSR count). The summed E-state index contributed by atoms with van der Waals surface area (Å²) >= 11 is 0. The summed E-state index contributed by atoms with van der Waals surface area (Å²) in [7, 11) is 0. The summed E-state index contributed by atoms with van der Waals surface area (Å²) in [5.74, 6) is 1.48. The Bertz CT molecular complexity index is 1490. The first-order valence-corrected chi connectivity index (χ1v) is 13.1. The molecule has 2 aliphatic heterocycles. The number of aliphatic imine (C=N–C) groups is 1. The zero-order valence-electron chi connectivity index (χ0n) is 21.6. The Morgan fingerprint density at radius 3 is 2.53 bits per heavy atom. The first-order chi connectivity index (χ1) is 18.6. The molecule has 0 bridgehead atoms. The highest BCUT2D eigenvalue weighted by Gasteiger charge is 2.50. The lowest BCUT2D eigenvalue weighted by Gasteiger charge is -2.22. The molecule has 8 heteroatoms. The fourth-order valence-corrected chi connectivity index (χ4v) is 5.40. The van der Waals surface area contributed by atoms with Crippen molar-refractivity contribution in [2.45, 2.75) is 45.2 Å². The third-order valence-corrected chi connectivity index (χ3v) is 7.44. The van der Waals surface area contributed by atoms with E-state index in [1.165, 1.54) is 11.1 Å². The van der Waals surface area contributed by atoms with Crippen molar-refractivity contribution in [3.05, 3.63) is 77.9 Å². The molecule has 1 saturated heterocycles. The minimum Gasteiger partial charge on any atom is -0.378 e. The Morgan fingerprint density at radius 2 is 1.82 bits per heavy atom. The summed E-state index contributed by atoms with van der Waals surface area (Å²) in [4.78, 5) is 20.1. The molecule has 1 amide bonds. The molecule has 1 unspecified atom stereocenters. The van der Waals surface area contributed by atoms with Gasteiger partial charge in [0.1, 0.15) is 5.84 Å². The van der Waals surface area contributed by atoms with E-state index in [2.05, 4.69) is 101 Å². The summed E-state index contributed by atoms with van der Waals surface area (Å²) in [6.45, 7) is 5.70. The van der Waals surface area contributed by atoms with E-state index in [9.17, 15) is 4.79 Å². The molecule has 1 spiro atoms. The third-order valence-electron chi connectivity index (χ3n) is 7.44. The molecule has 1 aromatic heterocycles. The molecule has 3 aromatic carbocycles. The molecule has 0 radical (unpaired) electrons. The second-order valence-corrected chi connectivity index (χ2v) is 10.0. The summed E-state index contributed by atoms with van der Waals surface area (Å²) in [6.07, 6.45) is 2.38. The molecule has 0 saturated carbocycles. The van der Waals surface area contributed by atoms with Gasteiger partial charge in [-0.05, 0) is 64.1 Å². The van der Waals surface area contributed by atoms with Gasteiger partial charge in [-0.3, -0.25) is 14.7 Å². The van der Waals surface area contributed by atoms with Crippen molar-refractivity contribution in [3.8, 4) is 33.6 Å². The molecule has 2 aliphatic rings. The van der Waals surface area contributed by atoms with Crippen molar-refractivity contribution in [1.82, 2.24) is 25.5 Å². The molecular formula is C30H30N6O2. The van der Waals surface area contributed by atoms with Gasteiger partial charge in [0.25, 0.3) is 5.91 Å². The van der Waals surface area contributed by atoms with Crippen LogP contribution in [0, 0.1) is 6.92 Å². The van der Waals surface area contributed by atoms with Gasteiger partial charge in [0.15, 0.2) is 5.54 Å². The van der Waals surface area contributed by atoms with Gasteiger partial charge < -0.3 is 4.74 Å². The van der Waals surface area contributed by atoms with Gasteiger partial charge in [-0.25, -0.2) is 0 Å². The Balaban J connectivity index is 1.33. The Hall–Kier alpha value is -4.17. The number of hydrogen-bond donors (Lipinski definition) is 1. The van der Waals surface area contributed by atoms with E-state index in [-0.39, 0.29) is 5.91 Å². The zero-order chi connectivity index (χ0) is 26.1. The molecule has 0 aliphatic carbocycles. The average molecular weight is 507 g/mol. The van der Waals surface area contributed by atoms with Gasteiger partial charge >= 0.3 is 0 Å². The number of hydrogen-bond acceptors (Lipinski definition) is 6. The minimum absolute atomic E-state index is 0.0628. The molecular weight excluding hydrogens is 476 g/mol. The first-order valence-electron chi connectivity index (χ1n) is 13.1. The molecule has 1 atom stereocenters. The highest BCUT2D eigenvalue weighted by atomic mass is 16.5. The maximum Gasteiger partial charge on any atom is 0.258 e. The van der Waals surface area contributed by atoms with Crippen LogP contribution in [-0.2, 0) is 16.1 Å². The Labute approximate surface area is 221 Å². The standard InChI is InChI=1S/C30H30N6O2/c1-3-6-27-31-30(15-16-38-19-30)29(37)36(27)18-21-9-11-22(12-10-21)26-17-23(24-8-5-4-7-20(24)2)13-14-25(26)28-32-34-35-33-28/h4-5,7-14,17H,3,6,15-16,18-19H2,1-2H3,(H,32,33,34,35). The van der Waals surface area contributed by atoms with Crippen LogP contribution in [0.15, 0.2) is 71.7 Å². The lowest BCUT2D eigenvalue weighted by atomic mass is 9.92. The van der Waals surface area contributed by atoms with Crippen molar-refractivity contribution in [2.75, 3.05) is 13.2 Å².